The van der Waals surface area contributed by atoms with Crippen LogP contribution >= 0.6 is 11.8 Å². The Morgan fingerprint density at radius 1 is 1.40 bits per heavy atom. The highest BCUT2D eigenvalue weighted by Crippen LogP contribution is 2.41. The Hall–Kier alpha value is -0.840. The van der Waals surface area contributed by atoms with Gasteiger partial charge in [0.2, 0.25) is 5.12 Å². The van der Waals surface area contributed by atoms with Gasteiger partial charge in [-0.3, -0.25) is 4.79 Å². The summed E-state index contributed by atoms with van der Waals surface area (Å²) in [6, 6.07) is 7.49. The quantitative estimate of drug-likeness (QED) is 0.794. The minimum atomic E-state index is -0.194. The van der Waals surface area contributed by atoms with Crippen LogP contribution in [-0.4, -0.2) is 23.4 Å². The molecule has 0 saturated carbocycles. The Balaban J connectivity index is 2.08. The first-order valence-electron chi connectivity index (χ1n) is 4.85. The summed E-state index contributed by atoms with van der Waals surface area (Å²) >= 11 is 1.20. The Labute approximate surface area is 92.4 Å². The Kier molecular flexibility index (Phi) is 3.41. The Morgan fingerprint density at radius 3 is 3.00 bits per heavy atom. The second-order valence-electron chi connectivity index (χ2n) is 3.27. The van der Waals surface area contributed by atoms with Crippen molar-refractivity contribution in [2.24, 2.45) is 0 Å². The third kappa shape index (κ3) is 2.22. The van der Waals surface area contributed by atoms with Crippen LogP contribution in [0.3, 0.4) is 0 Å². The van der Waals surface area contributed by atoms with Gasteiger partial charge in [-0.2, -0.15) is 0 Å². The molecule has 15 heavy (non-hydrogen) atoms. The highest BCUT2D eigenvalue weighted by atomic mass is 32.2. The second-order valence-corrected chi connectivity index (χ2v) is 4.31. The van der Waals surface area contributed by atoms with Crippen molar-refractivity contribution >= 4 is 16.9 Å². The van der Waals surface area contributed by atoms with Crippen molar-refractivity contribution in [3.05, 3.63) is 35.4 Å². The maximum Gasteiger partial charge on any atom is 0.222 e. The molecular formula is C11H12O3S. The van der Waals surface area contributed by atoms with Gasteiger partial charge in [-0.25, -0.2) is 0 Å². The predicted octanol–water partition coefficient (Wildman–Crippen LogP) is 1.97. The fraction of sp³-hybridized carbons (Fsp3) is 0.364. The normalized spacial score (nSPS) is 19.3. The minimum Gasteiger partial charge on any atom is -0.396 e. The summed E-state index contributed by atoms with van der Waals surface area (Å²) in [6.45, 7) is 0.600. The number of benzene rings is 1. The van der Waals surface area contributed by atoms with E-state index in [-0.39, 0.29) is 17.2 Å². The zero-order valence-corrected chi connectivity index (χ0v) is 9.00. The van der Waals surface area contributed by atoms with E-state index in [4.69, 9.17) is 9.84 Å². The number of fused-ring (bicyclic) bond motifs is 1. The van der Waals surface area contributed by atoms with Gasteiger partial charge >= 0.3 is 0 Å². The Bertz CT molecular complexity index is 365. The van der Waals surface area contributed by atoms with Gasteiger partial charge in [0, 0.05) is 17.7 Å². The SMILES string of the molecule is O=C1SC(OCCCO)c2ccccc21. The smallest absolute Gasteiger partial charge is 0.222 e. The molecule has 0 aromatic heterocycles. The molecule has 0 radical (unpaired) electrons. The zero-order chi connectivity index (χ0) is 10.7. The minimum absolute atomic E-state index is 0.0691. The van der Waals surface area contributed by atoms with Gasteiger partial charge in [-0.15, -0.1) is 0 Å². The highest BCUT2D eigenvalue weighted by Gasteiger charge is 2.30. The van der Waals surface area contributed by atoms with Gasteiger partial charge in [0.25, 0.3) is 0 Å². The molecule has 0 amide bonds. The molecule has 3 nitrogen and oxygen atoms in total. The molecule has 1 N–H and O–H groups in total. The number of rotatable bonds is 4. The number of carbonyl (C=O) groups is 1. The van der Waals surface area contributed by atoms with Crippen LogP contribution in [0.5, 0.6) is 0 Å². The summed E-state index contributed by atoms with van der Waals surface area (Å²) in [5, 5.41) is 8.70. The number of aliphatic hydroxyl groups is 1. The van der Waals surface area contributed by atoms with Crippen molar-refractivity contribution in [3.63, 3.8) is 0 Å². The van der Waals surface area contributed by atoms with Gasteiger partial charge in [0.05, 0.1) is 6.61 Å². The summed E-state index contributed by atoms with van der Waals surface area (Å²) in [4.78, 5) is 11.5. The van der Waals surface area contributed by atoms with E-state index in [2.05, 4.69) is 0 Å². The topological polar surface area (TPSA) is 46.5 Å². The van der Waals surface area contributed by atoms with E-state index in [0.717, 1.165) is 11.1 Å². The zero-order valence-electron chi connectivity index (χ0n) is 8.18. The molecule has 0 spiro atoms. The highest BCUT2D eigenvalue weighted by molar-refractivity contribution is 8.14. The summed E-state index contributed by atoms with van der Waals surface area (Å²) < 4.78 is 5.52. The summed E-state index contributed by atoms with van der Waals surface area (Å²) in [5.41, 5.74) is 1.50. The molecular weight excluding hydrogens is 212 g/mol. The van der Waals surface area contributed by atoms with E-state index < -0.39 is 0 Å². The molecule has 0 bridgehead atoms. The van der Waals surface area contributed by atoms with Crippen LogP contribution in [0.4, 0.5) is 0 Å². The van der Waals surface area contributed by atoms with Crippen molar-refractivity contribution in [3.8, 4) is 0 Å². The fourth-order valence-electron chi connectivity index (χ4n) is 1.49. The number of hydrogen-bond donors (Lipinski definition) is 1. The molecule has 80 valence electrons. The number of aliphatic hydroxyl groups excluding tert-OH is 1. The molecule has 0 saturated heterocycles. The molecule has 1 unspecified atom stereocenters. The largest absolute Gasteiger partial charge is 0.396 e. The molecule has 0 fully saturated rings. The van der Waals surface area contributed by atoms with E-state index in [0.29, 0.717) is 13.0 Å². The first-order chi connectivity index (χ1) is 7.33. The standard InChI is InChI=1S/C11H12O3S/c12-6-3-7-14-11-9-5-2-1-4-8(9)10(13)15-11/h1-2,4-5,11-12H,3,6-7H2. The Morgan fingerprint density at radius 2 is 2.20 bits per heavy atom. The van der Waals surface area contributed by atoms with Crippen molar-refractivity contribution in [1.29, 1.82) is 0 Å². The lowest BCUT2D eigenvalue weighted by atomic mass is 10.1. The van der Waals surface area contributed by atoms with Crippen LogP contribution in [0.25, 0.3) is 0 Å². The fourth-order valence-corrected chi connectivity index (χ4v) is 2.50. The van der Waals surface area contributed by atoms with E-state index in [1.807, 2.05) is 24.3 Å². The maximum absolute atomic E-state index is 11.5. The monoisotopic (exact) mass is 224 g/mol. The van der Waals surface area contributed by atoms with E-state index in [9.17, 15) is 4.79 Å². The molecule has 0 aliphatic carbocycles. The third-order valence-corrected chi connectivity index (χ3v) is 3.26. The van der Waals surface area contributed by atoms with Crippen molar-refractivity contribution in [1.82, 2.24) is 0 Å². The molecule has 4 heteroatoms. The van der Waals surface area contributed by atoms with Crippen LogP contribution in [0.15, 0.2) is 24.3 Å². The van der Waals surface area contributed by atoms with E-state index in [1.165, 1.54) is 11.8 Å². The van der Waals surface area contributed by atoms with Crippen LogP contribution < -0.4 is 0 Å². The van der Waals surface area contributed by atoms with Crippen LogP contribution in [0, 0.1) is 0 Å². The number of thioether (sulfide) groups is 1. The van der Waals surface area contributed by atoms with Gasteiger partial charge in [0.1, 0.15) is 5.44 Å². The van der Waals surface area contributed by atoms with Crippen molar-refractivity contribution in [2.45, 2.75) is 11.9 Å². The first kappa shape index (κ1) is 10.7. The molecule has 1 aromatic rings. The van der Waals surface area contributed by atoms with Crippen molar-refractivity contribution in [2.75, 3.05) is 13.2 Å². The maximum atomic E-state index is 11.5. The molecule has 1 aliphatic heterocycles. The van der Waals surface area contributed by atoms with Crippen LogP contribution in [0.2, 0.25) is 0 Å². The average Bonchev–Trinajstić information content (AvgIpc) is 2.58. The van der Waals surface area contributed by atoms with Crippen LogP contribution in [-0.2, 0) is 4.74 Å². The molecule has 1 atom stereocenters. The lowest BCUT2D eigenvalue weighted by Crippen LogP contribution is -2.00. The first-order valence-corrected chi connectivity index (χ1v) is 5.73. The van der Waals surface area contributed by atoms with Gasteiger partial charge in [-0.1, -0.05) is 24.3 Å². The summed E-state index contributed by atoms with van der Waals surface area (Å²) in [5.74, 6) is 0. The summed E-state index contributed by atoms with van der Waals surface area (Å²) in [6.07, 6.45) is 0.605. The molecule has 2 rings (SSSR count). The third-order valence-electron chi connectivity index (χ3n) is 2.22. The number of hydrogen-bond acceptors (Lipinski definition) is 4. The predicted molar refractivity (Wildman–Crippen MR) is 58.8 cm³/mol. The van der Waals surface area contributed by atoms with Crippen molar-refractivity contribution < 1.29 is 14.6 Å². The van der Waals surface area contributed by atoms with Crippen LogP contribution in [0.1, 0.15) is 27.8 Å². The average molecular weight is 224 g/mol. The van der Waals surface area contributed by atoms with Gasteiger partial charge in [-0.05, 0) is 18.2 Å². The number of ether oxygens (including phenoxy) is 1. The van der Waals surface area contributed by atoms with E-state index >= 15 is 0 Å². The second kappa shape index (κ2) is 4.79. The molecule has 1 aliphatic rings. The lowest BCUT2D eigenvalue weighted by molar-refractivity contribution is 0.0982. The summed E-state index contributed by atoms with van der Waals surface area (Å²) in [7, 11) is 0. The molecule has 1 aromatic carbocycles. The molecule has 1 heterocycles. The van der Waals surface area contributed by atoms with E-state index in [1.54, 1.807) is 0 Å². The number of carbonyl (C=O) groups excluding carboxylic acids is 1. The van der Waals surface area contributed by atoms with Gasteiger partial charge < -0.3 is 9.84 Å². The van der Waals surface area contributed by atoms with Gasteiger partial charge in [0.15, 0.2) is 0 Å². The lowest BCUT2D eigenvalue weighted by Gasteiger charge is -2.10.